The van der Waals surface area contributed by atoms with E-state index in [0.29, 0.717) is 42.6 Å². The Kier molecular flexibility index (Phi) is 6.26. The lowest BCUT2D eigenvalue weighted by molar-refractivity contribution is -0.145. The Morgan fingerprint density at radius 3 is 2.66 bits per heavy atom. The van der Waals surface area contributed by atoms with E-state index in [1.54, 1.807) is 12.4 Å². The molecule has 3 N–H and O–H groups in total. The predicted molar refractivity (Wildman–Crippen MR) is 125 cm³/mol. The summed E-state index contributed by atoms with van der Waals surface area (Å²) in [7, 11) is 0. The second kappa shape index (κ2) is 8.96. The Balaban J connectivity index is 1.55. The van der Waals surface area contributed by atoms with Gasteiger partial charge in [0.05, 0.1) is 10.8 Å². The highest BCUT2D eigenvalue weighted by Gasteiger charge is 2.39. The minimum absolute atomic E-state index is 0.318. The van der Waals surface area contributed by atoms with Gasteiger partial charge in [0.2, 0.25) is 5.95 Å². The second-order valence-electron chi connectivity index (χ2n) is 8.85. The first-order valence-corrected chi connectivity index (χ1v) is 11.7. The molecule has 0 unspecified atom stereocenters. The topological polar surface area (TPSA) is 108 Å². The molecule has 2 heterocycles. The molecule has 168 valence electrons. The molecule has 2 aromatic heterocycles. The van der Waals surface area contributed by atoms with Gasteiger partial charge < -0.3 is 15.5 Å². The molecule has 0 saturated heterocycles. The van der Waals surface area contributed by atoms with E-state index in [4.69, 9.17) is 0 Å². The van der Waals surface area contributed by atoms with Crippen molar-refractivity contribution in [3.05, 3.63) is 52.9 Å². The Bertz CT molecular complexity index is 1120. The van der Waals surface area contributed by atoms with Gasteiger partial charge in [0.25, 0.3) is 0 Å². The van der Waals surface area contributed by atoms with Crippen LogP contribution in [0.4, 0.5) is 11.6 Å². The summed E-state index contributed by atoms with van der Waals surface area (Å²) in [5, 5.41) is 24.3. The SMILES string of the molecule is Cc1cc(Nc2nccc(C(C)C)n2)cc(-c2cnc(C3(O)CCC(C(=O)O)CC3)s2)c1. The summed E-state index contributed by atoms with van der Waals surface area (Å²) in [5.74, 6) is -0.285. The van der Waals surface area contributed by atoms with Gasteiger partial charge in [-0.1, -0.05) is 19.9 Å². The largest absolute Gasteiger partial charge is 0.481 e. The number of hydrogen-bond acceptors (Lipinski definition) is 7. The number of aliphatic hydroxyl groups is 1. The Morgan fingerprint density at radius 2 is 1.97 bits per heavy atom. The molecule has 0 radical (unpaired) electrons. The number of nitrogens with one attached hydrogen (secondary N) is 1. The molecule has 1 aliphatic rings. The summed E-state index contributed by atoms with van der Waals surface area (Å²) in [6.45, 7) is 6.23. The van der Waals surface area contributed by atoms with Gasteiger partial charge in [0.15, 0.2) is 0 Å². The van der Waals surface area contributed by atoms with Crippen LogP contribution in [0.5, 0.6) is 0 Å². The van der Waals surface area contributed by atoms with Crippen LogP contribution < -0.4 is 5.32 Å². The molecule has 7 nitrogen and oxygen atoms in total. The van der Waals surface area contributed by atoms with E-state index in [1.807, 2.05) is 25.1 Å². The van der Waals surface area contributed by atoms with E-state index in [9.17, 15) is 15.0 Å². The van der Waals surface area contributed by atoms with E-state index in [2.05, 4.69) is 40.2 Å². The maximum Gasteiger partial charge on any atom is 0.306 e. The van der Waals surface area contributed by atoms with Crippen molar-refractivity contribution in [2.45, 2.75) is 58.0 Å². The van der Waals surface area contributed by atoms with Gasteiger partial charge in [-0.2, -0.15) is 0 Å². The van der Waals surface area contributed by atoms with Crippen molar-refractivity contribution in [1.29, 1.82) is 0 Å². The number of aromatic nitrogens is 3. The molecule has 1 saturated carbocycles. The van der Waals surface area contributed by atoms with Crippen molar-refractivity contribution >= 4 is 28.9 Å². The maximum atomic E-state index is 11.2. The van der Waals surface area contributed by atoms with Gasteiger partial charge in [-0.05, 0) is 67.9 Å². The normalized spacial score (nSPS) is 21.0. The van der Waals surface area contributed by atoms with Crippen molar-refractivity contribution in [2.24, 2.45) is 5.92 Å². The molecule has 0 aliphatic heterocycles. The average molecular weight is 453 g/mol. The quantitative estimate of drug-likeness (QED) is 0.469. The van der Waals surface area contributed by atoms with Gasteiger partial charge >= 0.3 is 5.97 Å². The van der Waals surface area contributed by atoms with Crippen LogP contribution in [0.3, 0.4) is 0 Å². The summed E-state index contributed by atoms with van der Waals surface area (Å²) in [6, 6.07) is 8.07. The first-order chi connectivity index (χ1) is 15.2. The fourth-order valence-electron chi connectivity index (χ4n) is 4.06. The number of aryl methyl sites for hydroxylation is 1. The zero-order valence-electron chi connectivity index (χ0n) is 18.5. The standard InChI is InChI=1S/C24H28N4O3S/c1-14(2)19-6-9-25-23(28-19)27-18-11-15(3)10-17(12-18)20-13-26-22(32-20)24(31)7-4-16(5-8-24)21(29)30/h6,9-14,16,31H,4-5,7-8H2,1-3H3,(H,29,30)(H,25,27,28). The number of benzene rings is 1. The molecule has 0 atom stereocenters. The van der Waals surface area contributed by atoms with Crippen LogP contribution in [0.25, 0.3) is 10.4 Å². The predicted octanol–water partition coefficient (Wildman–Crippen LogP) is 5.24. The van der Waals surface area contributed by atoms with E-state index >= 15 is 0 Å². The monoisotopic (exact) mass is 452 g/mol. The minimum atomic E-state index is -1.05. The first-order valence-electron chi connectivity index (χ1n) is 10.9. The second-order valence-corrected chi connectivity index (χ2v) is 9.88. The van der Waals surface area contributed by atoms with Crippen LogP contribution in [0.1, 0.15) is 61.7 Å². The van der Waals surface area contributed by atoms with Gasteiger partial charge in [0, 0.05) is 23.8 Å². The molecular weight excluding hydrogens is 424 g/mol. The van der Waals surface area contributed by atoms with Crippen molar-refractivity contribution in [2.75, 3.05) is 5.32 Å². The maximum absolute atomic E-state index is 11.2. The zero-order chi connectivity index (χ0) is 22.9. The number of carboxylic acid groups (broad SMARTS) is 1. The molecular formula is C24H28N4O3S. The number of thiazole rings is 1. The Hall–Kier alpha value is -2.84. The molecule has 0 spiro atoms. The Labute approximate surface area is 191 Å². The first kappa shape index (κ1) is 22.4. The summed E-state index contributed by atoms with van der Waals surface area (Å²) in [5.41, 5.74) is 2.90. The minimum Gasteiger partial charge on any atom is -0.481 e. The van der Waals surface area contributed by atoms with Crippen molar-refractivity contribution < 1.29 is 15.0 Å². The third kappa shape index (κ3) is 4.81. The number of aliphatic carboxylic acids is 1. The molecule has 0 amide bonds. The van der Waals surface area contributed by atoms with Gasteiger partial charge in [-0.3, -0.25) is 4.79 Å². The number of carboxylic acids is 1. The molecule has 1 aromatic carbocycles. The van der Waals surface area contributed by atoms with Crippen molar-refractivity contribution in [3.63, 3.8) is 0 Å². The summed E-state index contributed by atoms with van der Waals surface area (Å²) in [6.07, 6.45) is 5.32. The highest BCUT2D eigenvalue weighted by atomic mass is 32.1. The number of anilines is 2. The van der Waals surface area contributed by atoms with Crippen LogP contribution in [0, 0.1) is 12.8 Å². The summed E-state index contributed by atoms with van der Waals surface area (Å²) >= 11 is 1.46. The highest BCUT2D eigenvalue weighted by molar-refractivity contribution is 7.15. The van der Waals surface area contributed by atoms with Crippen LogP contribution in [-0.2, 0) is 10.4 Å². The summed E-state index contributed by atoms with van der Waals surface area (Å²) in [4.78, 5) is 25.6. The summed E-state index contributed by atoms with van der Waals surface area (Å²) < 4.78 is 0. The van der Waals surface area contributed by atoms with Crippen LogP contribution in [-0.4, -0.2) is 31.1 Å². The third-order valence-corrected chi connectivity index (χ3v) is 7.19. The fourth-order valence-corrected chi connectivity index (χ4v) is 5.11. The molecule has 1 aliphatic carbocycles. The lowest BCUT2D eigenvalue weighted by Gasteiger charge is -2.32. The van der Waals surface area contributed by atoms with E-state index < -0.39 is 11.6 Å². The fraction of sp³-hybridized carbons (Fsp3) is 0.417. The van der Waals surface area contributed by atoms with Crippen LogP contribution >= 0.6 is 11.3 Å². The van der Waals surface area contributed by atoms with Crippen molar-refractivity contribution in [1.82, 2.24) is 15.0 Å². The third-order valence-electron chi connectivity index (χ3n) is 5.95. The van der Waals surface area contributed by atoms with Gasteiger partial charge in [0.1, 0.15) is 10.6 Å². The molecule has 4 rings (SSSR count). The van der Waals surface area contributed by atoms with Gasteiger partial charge in [-0.15, -0.1) is 11.3 Å². The average Bonchev–Trinajstić information content (AvgIpc) is 3.25. The Morgan fingerprint density at radius 1 is 1.22 bits per heavy atom. The molecule has 0 bridgehead atoms. The van der Waals surface area contributed by atoms with Gasteiger partial charge in [-0.25, -0.2) is 15.0 Å². The van der Waals surface area contributed by atoms with Crippen LogP contribution in [0.2, 0.25) is 0 Å². The van der Waals surface area contributed by atoms with E-state index in [-0.39, 0.29) is 5.92 Å². The van der Waals surface area contributed by atoms with Crippen molar-refractivity contribution in [3.8, 4) is 10.4 Å². The number of rotatable bonds is 6. The number of nitrogens with zero attached hydrogens (tertiary/aromatic N) is 3. The highest BCUT2D eigenvalue weighted by Crippen LogP contribution is 2.43. The lowest BCUT2D eigenvalue weighted by atomic mass is 9.79. The lowest BCUT2D eigenvalue weighted by Crippen LogP contribution is -2.33. The van der Waals surface area contributed by atoms with E-state index in [1.165, 1.54) is 11.3 Å². The smallest absolute Gasteiger partial charge is 0.306 e. The molecule has 1 fully saturated rings. The zero-order valence-corrected chi connectivity index (χ0v) is 19.3. The molecule has 8 heteroatoms. The molecule has 3 aromatic rings. The number of hydrogen-bond donors (Lipinski definition) is 3. The number of carbonyl (C=O) groups is 1. The van der Waals surface area contributed by atoms with E-state index in [0.717, 1.165) is 27.4 Å². The molecule has 32 heavy (non-hydrogen) atoms. The van der Waals surface area contributed by atoms with Crippen LogP contribution in [0.15, 0.2) is 36.7 Å².